The quantitative estimate of drug-likeness (QED) is 0.682. The number of aryl methyl sites for hydroxylation is 1. The van der Waals surface area contributed by atoms with Crippen molar-refractivity contribution in [1.82, 2.24) is 0 Å². The average molecular weight is 185 g/mol. The molecule has 0 aliphatic rings. The first kappa shape index (κ1) is 9.07. The molecule has 0 saturated heterocycles. The molecule has 0 unspecified atom stereocenters. The second kappa shape index (κ2) is 3.15. The van der Waals surface area contributed by atoms with E-state index in [0.717, 1.165) is 0 Å². The van der Waals surface area contributed by atoms with Gasteiger partial charge in [0.15, 0.2) is 5.78 Å². The summed E-state index contributed by atoms with van der Waals surface area (Å²) in [4.78, 5) is 11.0. The van der Waals surface area contributed by atoms with Gasteiger partial charge < -0.3 is 5.11 Å². The lowest BCUT2D eigenvalue weighted by Crippen LogP contribution is -1.96. The van der Waals surface area contributed by atoms with Crippen molar-refractivity contribution in [3.05, 3.63) is 28.3 Å². The molecule has 0 amide bonds. The minimum Gasteiger partial charge on any atom is -0.507 e. The summed E-state index contributed by atoms with van der Waals surface area (Å²) in [5.41, 5.74) is 1.05. The maximum Gasteiger partial charge on any atom is 0.163 e. The summed E-state index contributed by atoms with van der Waals surface area (Å²) in [5, 5.41) is 9.78. The Labute approximate surface area is 75.8 Å². The number of rotatable bonds is 1. The van der Waals surface area contributed by atoms with Crippen LogP contribution in [0.4, 0.5) is 0 Å². The zero-order valence-electron chi connectivity index (χ0n) is 6.89. The van der Waals surface area contributed by atoms with Gasteiger partial charge in [-0.05, 0) is 31.5 Å². The summed E-state index contributed by atoms with van der Waals surface area (Å²) in [7, 11) is 0. The van der Waals surface area contributed by atoms with E-state index in [1.165, 1.54) is 13.0 Å². The monoisotopic (exact) mass is 184 g/mol. The fraction of sp³-hybridized carbons (Fsp3) is 0.222. The van der Waals surface area contributed by atoms with E-state index in [0.29, 0.717) is 16.1 Å². The van der Waals surface area contributed by atoms with Crippen molar-refractivity contribution in [2.45, 2.75) is 13.8 Å². The van der Waals surface area contributed by atoms with E-state index in [1.807, 2.05) is 0 Å². The lowest BCUT2D eigenvalue weighted by molar-refractivity contribution is 0.101. The van der Waals surface area contributed by atoms with Crippen molar-refractivity contribution in [2.24, 2.45) is 0 Å². The Morgan fingerprint density at radius 2 is 2.08 bits per heavy atom. The largest absolute Gasteiger partial charge is 0.507 e. The Morgan fingerprint density at radius 3 is 2.50 bits per heavy atom. The SMILES string of the molecule is CC(=O)c1c(C)cc(Cl)cc1O. The normalized spacial score (nSPS) is 9.92. The molecule has 0 heterocycles. The molecule has 1 N–H and O–H groups in total. The first-order valence-electron chi connectivity index (χ1n) is 3.52. The highest BCUT2D eigenvalue weighted by Gasteiger charge is 2.10. The number of benzene rings is 1. The summed E-state index contributed by atoms with van der Waals surface area (Å²) in [5.74, 6) is -0.200. The van der Waals surface area contributed by atoms with Gasteiger partial charge in [-0.15, -0.1) is 0 Å². The highest BCUT2D eigenvalue weighted by Crippen LogP contribution is 2.25. The topological polar surface area (TPSA) is 37.3 Å². The summed E-state index contributed by atoms with van der Waals surface area (Å²) < 4.78 is 0. The lowest BCUT2D eigenvalue weighted by Gasteiger charge is -2.04. The van der Waals surface area contributed by atoms with Crippen LogP contribution >= 0.6 is 11.6 Å². The van der Waals surface area contributed by atoms with Crippen molar-refractivity contribution in [2.75, 3.05) is 0 Å². The van der Waals surface area contributed by atoms with Crippen LogP contribution < -0.4 is 0 Å². The molecule has 0 spiro atoms. The number of hydrogen-bond donors (Lipinski definition) is 1. The Balaban J connectivity index is 3.38. The van der Waals surface area contributed by atoms with E-state index in [9.17, 15) is 9.90 Å². The molecule has 1 aromatic carbocycles. The van der Waals surface area contributed by atoms with Crippen molar-refractivity contribution in [3.8, 4) is 5.75 Å². The van der Waals surface area contributed by atoms with Crippen molar-refractivity contribution < 1.29 is 9.90 Å². The maximum absolute atomic E-state index is 11.0. The molecule has 0 bridgehead atoms. The van der Waals surface area contributed by atoms with E-state index in [4.69, 9.17) is 11.6 Å². The molecule has 3 heteroatoms. The van der Waals surface area contributed by atoms with Crippen molar-refractivity contribution >= 4 is 17.4 Å². The summed E-state index contributed by atoms with van der Waals surface area (Å²) in [6.45, 7) is 3.15. The zero-order chi connectivity index (χ0) is 9.30. The van der Waals surface area contributed by atoms with E-state index < -0.39 is 0 Å². The Hall–Kier alpha value is -1.02. The second-order valence-corrected chi connectivity index (χ2v) is 3.11. The van der Waals surface area contributed by atoms with E-state index in [1.54, 1.807) is 13.0 Å². The fourth-order valence-electron chi connectivity index (χ4n) is 1.18. The van der Waals surface area contributed by atoms with Gasteiger partial charge in [0, 0.05) is 5.02 Å². The number of Topliss-reactive ketones (excluding diaryl/α,β-unsaturated/α-hetero) is 1. The minimum absolute atomic E-state index is 0.0486. The molecular formula is C9H9ClO2. The number of phenolic OH excluding ortho intramolecular Hbond substituents is 1. The van der Waals surface area contributed by atoms with Gasteiger partial charge in [-0.1, -0.05) is 11.6 Å². The number of halogens is 1. The Bertz CT molecular complexity index is 308. The number of ketones is 1. The molecule has 2 nitrogen and oxygen atoms in total. The molecular weight excluding hydrogens is 176 g/mol. The van der Waals surface area contributed by atoms with Gasteiger partial charge in [-0.3, -0.25) is 4.79 Å². The average Bonchev–Trinajstić information content (AvgIpc) is 1.82. The van der Waals surface area contributed by atoms with Gasteiger partial charge in [-0.2, -0.15) is 0 Å². The third-order valence-corrected chi connectivity index (χ3v) is 1.85. The summed E-state index contributed by atoms with van der Waals surface area (Å²) >= 11 is 5.66. The van der Waals surface area contributed by atoms with Crippen molar-refractivity contribution in [1.29, 1.82) is 0 Å². The molecule has 0 aliphatic heterocycles. The second-order valence-electron chi connectivity index (χ2n) is 2.67. The summed E-state index contributed by atoms with van der Waals surface area (Å²) in [6.07, 6.45) is 0. The number of aromatic hydroxyl groups is 1. The van der Waals surface area contributed by atoms with E-state index in [2.05, 4.69) is 0 Å². The third kappa shape index (κ3) is 1.59. The van der Waals surface area contributed by atoms with Crippen LogP contribution in [0.3, 0.4) is 0 Å². The van der Waals surface area contributed by atoms with E-state index in [-0.39, 0.29) is 11.5 Å². The standard InChI is InChI=1S/C9H9ClO2/c1-5-3-7(10)4-8(12)9(5)6(2)11/h3-4,12H,1-2H3. The molecule has 0 atom stereocenters. The molecule has 0 radical (unpaired) electrons. The van der Waals surface area contributed by atoms with Crippen LogP contribution in [0.2, 0.25) is 5.02 Å². The number of carbonyl (C=O) groups excluding carboxylic acids is 1. The number of phenols is 1. The van der Waals surface area contributed by atoms with Crippen LogP contribution in [0, 0.1) is 6.92 Å². The van der Waals surface area contributed by atoms with Gasteiger partial charge in [0.2, 0.25) is 0 Å². The molecule has 1 rings (SSSR count). The van der Waals surface area contributed by atoms with Gasteiger partial charge >= 0.3 is 0 Å². The first-order chi connectivity index (χ1) is 5.52. The highest BCUT2D eigenvalue weighted by molar-refractivity contribution is 6.31. The minimum atomic E-state index is -0.151. The molecule has 0 saturated carbocycles. The van der Waals surface area contributed by atoms with Crippen LogP contribution in [-0.2, 0) is 0 Å². The van der Waals surface area contributed by atoms with Crippen LogP contribution in [-0.4, -0.2) is 10.9 Å². The van der Waals surface area contributed by atoms with Gasteiger partial charge in [0.05, 0.1) is 5.56 Å². The number of carbonyl (C=O) groups is 1. The summed E-state index contributed by atoms with van der Waals surface area (Å²) in [6, 6.07) is 3.02. The number of hydrogen-bond acceptors (Lipinski definition) is 2. The predicted octanol–water partition coefficient (Wildman–Crippen LogP) is 2.56. The van der Waals surface area contributed by atoms with Gasteiger partial charge in [0.1, 0.15) is 5.75 Å². The Morgan fingerprint density at radius 1 is 1.50 bits per heavy atom. The van der Waals surface area contributed by atoms with Crippen LogP contribution in [0.25, 0.3) is 0 Å². The van der Waals surface area contributed by atoms with Crippen LogP contribution in [0.15, 0.2) is 12.1 Å². The molecule has 0 aromatic heterocycles. The highest BCUT2D eigenvalue weighted by atomic mass is 35.5. The van der Waals surface area contributed by atoms with Gasteiger partial charge in [0.25, 0.3) is 0 Å². The first-order valence-corrected chi connectivity index (χ1v) is 3.90. The van der Waals surface area contributed by atoms with Gasteiger partial charge in [-0.25, -0.2) is 0 Å². The molecule has 12 heavy (non-hydrogen) atoms. The van der Waals surface area contributed by atoms with E-state index >= 15 is 0 Å². The third-order valence-electron chi connectivity index (χ3n) is 1.63. The molecule has 0 fully saturated rings. The van der Waals surface area contributed by atoms with Crippen LogP contribution in [0.5, 0.6) is 5.75 Å². The zero-order valence-corrected chi connectivity index (χ0v) is 7.64. The predicted molar refractivity (Wildman–Crippen MR) is 47.9 cm³/mol. The van der Waals surface area contributed by atoms with Crippen LogP contribution in [0.1, 0.15) is 22.8 Å². The molecule has 0 aliphatic carbocycles. The smallest absolute Gasteiger partial charge is 0.163 e. The maximum atomic E-state index is 11.0. The fourth-order valence-corrected chi connectivity index (χ4v) is 1.45. The van der Waals surface area contributed by atoms with Crippen molar-refractivity contribution in [3.63, 3.8) is 0 Å². The lowest BCUT2D eigenvalue weighted by atomic mass is 10.0. The Kier molecular flexibility index (Phi) is 2.38. The molecule has 1 aromatic rings. The molecule has 64 valence electrons.